The van der Waals surface area contributed by atoms with Crippen molar-refractivity contribution in [1.29, 1.82) is 0 Å². The number of amides is 1. The van der Waals surface area contributed by atoms with E-state index in [4.69, 9.17) is 4.74 Å². The van der Waals surface area contributed by atoms with Crippen molar-refractivity contribution < 1.29 is 22.7 Å². The zero-order chi connectivity index (χ0) is 17.2. The minimum atomic E-state index is -4.37. The molecule has 24 heavy (non-hydrogen) atoms. The first-order valence-corrected chi connectivity index (χ1v) is 7.44. The number of hydrogen-bond acceptors (Lipinski definition) is 3. The molecule has 1 saturated heterocycles. The summed E-state index contributed by atoms with van der Waals surface area (Å²) in [6.07, 6.45) is -3.28. The minimum Gasteiger partial charge on any atom is -0.370 e. The topological polar surface area (TPSA) is 42.4 Å². The van der Waals surface area contributed by atoms with E-state index in [9.17, 15) is 18.0 Å². The summed E-state index contributed by atoms with van der Waals surface area (Å²) in [5.41, 5.74) is 0.246. The van der Waals surface area contributed by atoms with Crippen molar-refractivity contribution in [2.24, 2.45) is 0 Å². The lowest BCUT2D eigenvalue weighted by atomic mass is 10.0. The smallest absolute Gasteiger partial charge is 0.370 e. The van der Waals surface area contributed by atoms with Crippen LogP contribution in [0.4, 0.5) is 13.2 Å². The second-order valence-electron chi connectivity index (χ2n) is 5.45. The molecule has 4 nitrogen and oxygen atoms in total. The Hall–Kier alpha value is -2.41. The largest absolute Gasteiger partial charge is 0.416 e. The molecule has 0 radical (unpaired) electrons. The normalized spacial score (nSPS) is 18.5. The average molecular weight is 336 g/mol. The van der Waals surface area contributed by atoms with Crippen LogP contribution in [0, 0.1) is 0 Å². The number of ether oxygens (including phenoxy) is 1. The van der Waals surface area contributed by atoms with Crippen LogP contribution in [-0.4, -0.2) is 35.5 Å². The van der Waals surface area contributed by atoms with Gasteiger partial charge in [0, 0.05) is 12.7 Å². The Morgan fingerprint density at radius 3 is 2.54 bits per heavy atom. The molecule has 1 aliphatic heterocycles. The number of carbonyl (C=O) groups is 1. The molecule has 3 rings (SSSR count). The van der Waals surface area contributed by atoms with Gasteiger partial charge >= 0.3 is 6.18 Å². The SMILES string of the molecule is O=C(c1ccccn1)N1CCOC(c2ccc(C(F)(F)F)cc2)C1. The van der Waals surface area contributed by atoms with Crippen LogP contribution in [0.25, 0.3) is 0 Å². The number of hydrogen-bond donors (Lipinski definition) is 0. The van der Waals surface area contributed by atoms with Gasteiger partial charge in [0.2, 0.25) is 0 Å². The molecule has 0 aliphatic carbocycles. The Balaban J connectivity index is 1.73. The van der Waals surface area contributed by atoms with E-state index in [2.05, 4.69) is 4.98 Å². The van der Waals surface area contributed by atoms with Crippen LogP contribution in [0.2, 0.25) is 0 Å². The third-order valence-electron chi connectivity index (χ3n) is 3.85. The number of carbonyl (C=O) groups excluding carboxylic acids is 1. The molecule has 0 N–H and O–H groups in total. The van der Waals surface area contributed by atoms with Crippen LogP contribution >= 0.6 is 0 Å². The van der Waals surface area contributed by atoms with Gasteiger partial charge in [-0.1, -0.05) is 18.2 Å². The number of halogens is 3. The first-order valence-electron chi connectivity index (χ1n) is 7.44. The average Bonchev–Trinajstić information content (AvgIpc) is 2.61. The molecule has 0 spiro atoms. The quantitative estimate of drug-likeness (QED) is 0.845. The highest BCUT2D eigenvalue weighted by Gasteiger charge is 2.31. The summed E-state index contributed by atoms with van der Waals surface area (Å²) in [7, 11) is 0. The maximum Gasteiger partial charge on any atom is 0.416 e. The second-order valence-corrected chi connectivity index (χ2v) is 5.45. The Bertz CT molecular complexity index is 702. The van der Waals surface area contributed by atoms with Crippen LogP contribution in [0.1, 0.15) is 27.7 Å². The standard InChI is InChI=1S/C17H15F3N2O2/c18-17(19,20)13-6-4-12(5-7-13)15-11-22(9-10-24-15)16(23)14-3-1-2-8-21-14/h1-8,15H,9-11H2. The van der Waals surface area contributed by atoms with Gasteiger partial charge in [-0.2, -0.15) is 13.2 Å². The Morgan fingerprint density at radius 1 is 1.17 bits per heavy atom. The molecule has 1 atom stereocenters. The number of nitrogens with zero attached hydrogens (tertiary/aromatic N) is 2. The zero-order valence-corrected chi connectivity index (χ0v) is 12.7. The Kier molecular flexibility index (Phi) is 4.53. The third kappa shape index (κ3) is 3.56. The van der Waals surface area contributed by atoms with Gasteiger partial charge in [-0.05, 0) is 29.8 Å². The molecular formula is C17H15F3N2O2. The number of alkyl halides is 3. The van der Waals surface area contributed by atoms with Gasteiger partial charge in [0.1, 0.15) is 11.8 Å². The molecule has 2 aromatic rings. The molecule has 1 amide bonds. The highest BCUT2D eigenvalue weighted by Crippen LogP contribution is 2.31. The summed E-state index contributed by atoms with van der Waals surface area (Å²) in [6, 6.07) is 9.92. The molecule has 1 unspecified atom stereocenters. The number of pyridine rings is 1. The summed E-state index contributed by atoms with van der Waals surface area (Å²) in [5, 5.41) is 0. The molecule has 7 heteroatoms. The minimum absolute atomic E-state index is 0.212. The molecule has 1 aromatic heterocycles. The number of benzene rings is 1. The molecule has 2 heterocycles. The van der Waals surface area contributed by atoms with Crippen molar-refractivity contribution in [3.63, 3.8) is 0 Å². The lowest BCUT2D eigenvalue weighted by Gasteiger charge is -2.33. The van der Waals surface area contributed by atoms with Crippen LogP contribution in [0.5, 0.6) is 0 Å². The van der Waals surface area contributed by atoms with Crippen LogP contribution in [0.15, 0.2) is 48.7 Å². The van der Waals surface area contributed by atoms with Crippen LogP contribution < -0.4 is 0 Å². The molecule has 1 fully saturated rings. The highest BCUT2D eigenvalue weighted by molar-refractivity contribution is 5.92. The van der Waals surface area contributed by atoms with Gasteiger partial charge in [-0.3, -0.25) is 9.78 Å². The molecule has 1 aromatic carbocycles. The molecule has 0 bridgehead atoms. The van der Waals surface area contributed by atoms with Crippen molar-refractivity contribution in [2.45, 2.75) is 12.3 Å². The summed E-state index contributed by atoms with van der Waals surface area (Å²) in [6.45, 7) is 1.03. The van der Waals surface area contributed by atoms with Crippen molar-refractivity contribution >= 4 is 5.91 Å². The third-order valence-corrected chi connectivity index (χ3v) is 3.85. The Labute approximate surface area is 136 Å². The predicted molar refractivity (Wildman–Crippen MR) is 80.3 cm³/mol. The van der Waals surface area contributed by atoms with Crippen molar-refractivity contribution in [3.8, 4) is 0 Å². The highest BCUT2D eigenvalue weighted by atomic mass is 19.4. The summed E-state index contributed by atoms with van der Waals surface area (Å²) >= 11 is 0. The summed E-state index contributed by atoms with van der Waals surface area (Å²) < 4.78 is 43.5. The lowest BCUT2D eigenvalue weighted by Crippen LogP contribution is -2.42. The first-order chi connectivity index (χ1) is 11.4. The molecule has 1 aliphatic rings. The Morgan fingerprint density at radius 2 is 1.92 bits per heavy atom. The maximum absolute atomic E-state index is 12.6. The molecule has 126 valence electrons. The van der Waals surface area contributed by atoms with Crippen molar-refractivity contribution in [1.82, 2.24) is 9.88 Å². The number of morpholine rings is 1. The maximum atomic E-state index is 12.6. The fourth-order valence-electron chi connectivity index (χ4n) is 2.57. The van der Waals surface area contributed by atoms with Crippen LogP contribution in [-0.2, 0) is 10.9 Å². The van der Waals surface area contributed by atoms with Gasteiger partial charge in [-0.15, -0.1) is 0 Å². The van der Waals surface area contributed by atoms with E-state index in [1.54, 1.807) is 29.3 Å². The van der Waals surface area contributed by atoms with Crippen molar-refractivity contribution in [3.05, 3.63) is 65.5 Å². The van der Waals surface area contributed by atoms with Gasteiger partial charge < -0.3 is 9.64 Å². The van der Waals surface area contributed by atoms with E-state index in [0.717, 1.165) is 12.1 Å². The van der Waals surface area contributed by atoms with Gasteiger partial charge in [0.15, 0.2) is 0 Å². The number of rotatable bonds is 2. The van der Waals surface area contributed by atoms with Crippen molar-refractivity contribution in [2.75, 3.05) is 19.7 Å². The fraction of sp³-hybridized carbons (Fsp3) is 0.294. The summed E-state index contributed by atoms with van der Waals surface area (Å²) in [4.78, 5) is 18.1. The number of aromatic nitrogens is 1. The summed E-state index contributed by atoms with van der Waals surface area (Å²) in [5.74, 6) is -0.212. The van der Waals surface area contributed by atoms with E-state index in [0.29, 0.717) is 24.4 Å². The van der Waals surface area contributed by atoms with E-state index in [1.165, 1.54) is 12.1 Å². The second kappa shape index (κ2) is 6.60. The van der Waals surface area contributed by atoms with E-state index in [-0.39, 0.29) is 12.5 Å². The van der Waals surface area contributed by atoms with Gasteiger partial charge in [-0.25, -0.2) is 0 Å². The van der Waals surface area contributed by atoms with E-state index in [1.807, 2.05) is 0 Å². The lowest BCUT2D eigenvalue weighted by molar-refractivity contribution is -0.137. The predicted octanol–water partition coefficient (Wildman–Crippen LogP) is 3.31. The fourth-order valence-corrected chi connectivity index (χ4v) is 2.57. The van der Waals surface area contributed by atoms with Crippen LogP contribution in [0.3, 0.4) is 0 Å². The van der Waals surface area contributed by atoms with Gasteiger partial charge in [0.25, 0.3) is 5.91 Å². The van der Waals surface area contributed by atoms with E-state index >= 15 is 0 Å². The van der Waals surface area contributed by atoms with E-state index < -0.39 is 17.8 Å². The first kappa shape index (κ1) is 16.4. The molecule has 0 saturated carbocycles. The monoisotopic (exact) mass is 336 g/mol. The zero-order valence-electron chi connectivity index (χ0n) is 12.7. The molecular weight excluding hydrogens is 321 g/mol. The van der Waals surface area contributed by atoms with Gasteiger partial charge in [0.05, 0.1) is 18.7 Å².